The lowest BCUT2D eigenvalue weighted by molar-refractivity contribution is -0.156. The maximum absolute atomic E-state index is 6.26. The van der Waals surface area contributed by atoms with Gasteiger partial charge in [-0.15, -0.1) is 0 Å². The van der Waals surface area contributed by atoms with E-state index in [0.717, 1.165) is 19.3 Å². The zero-order valence-corrected chi connectivity index (χ0v) is 11.7. The van der Waals surface area contributed by atoms with Crippen molar-refractivity contribution in [2.45, 2.75) is 58.3 Å². The van der Waals surface area contributed by atoms with Crippen molar-refractivity contribution in [2.75, 3.05) is 0 Å². The monoisotopic (exact) mass is 247 g/mol. The summed E-state index contributed by atoms with van der Waals surface area (Å²) >= 11 is 0. The molecule has 100 valence electrons. The standard InChI is InChI=1S/C16H25NO/c1-4-16(5-2)14(17)11-15(16)18-12(3)13-9-7-6-8-10-13/h6-10,12,14-15H,4-5,11,17H2,1-3H3. The van der Waals surface area contributed by atoms with Gasteiger partial charge in [0.05, 0.1) is 12.2 Å². The number of hydrogen-bond donors (Lipinski definition) is 1. The van der Waals surface area contributed by atoms with Crippen LogP contribution in [-0.2, 0) is 4.74 Å². The molecule has 1 aliphatic rings. The minimum Gasteiger partial charge on any atom is -0.370 e. The fourth-order valence-corrected chi connectivity index (χ4v) is 3.25. The van der Waals surface area contributed by atoms with E-state index in [4.69, 9.17) is 10.5 Å². The van der Waals surface area contributed by atoms with Crippen molar-refractivity contribution in [3.63, 3.8) is 0 Å². The zero-order chi connectivity index (χ0) is 13.2. The highest BCUT2D eigenvalue weighted by Crippen LogP contribution is 2.49. The summed E-state index contributed by atoms with van der Waals surface area (Å²) in [6, 6.07) is 10.7. The van der Waals surface area contributed by atoms with Crippen LogP contribution in [0.4, 0.5) is 0 Å². The molecule has 0 saturated heterocycles. The van der Waals surface area contributed by atoms with Crippen LogP contribution in [0.25, 0.3) is 0 Å². The van der Waals surface area contributed by atoms with Gasteiger partial charge in [0.1, 0.15) is 0 Å². The molecule has 1 fully saturated rings. The molecule has 0 amide bonds. The smallest absolute Gasteiger partial charge is 0.0800 e. The zero-order valence-electron chi connectivity index (χ0n) is 11.7. The average Bonchev–Trinajstić information content (AvgIpc) is 2.40. The second-order valence-electron chi connectivity index (χ2n) is 5.46. The maximum atomic E-state index is 6.26. The van der Waals surface area contributed by atoms with Crippen LogP contribution >= 0.6 is 0 Å². The summed E-state index contributed by atoms with van der Waals surface area (Å²) in [7, 11) is 0. The van der Waals surface area contributed by atoms with E-state index in [2.05, 4.69) is 45.0 Å². The minimum absolute atomic E-state index is 0.154. The van der Waals surface area contributed by atoms with Crippen molar-refractivity contribution in [1.29, 1.82) is 0 Å². The number of rotatable bonds is 5. The third-order valence-electron chi connectivity index (χ3n) is 4.80. The van der Waals surface area contributed by atoms with Gasteiger partial charge in [-0.2, -0.15) is 0 Å². The first-order valence-electron chi connectivity index (χ1n) is 7.10. The van der Waals surface area contributed by atoms with E-state index in [1.807, 2.05) is 6.07 Å². The van der Waals surface area contributed by atoms with Crippen LogP contribution in [0.1, 0.15) is 51.7 Å². The normalized spacial score (nSPS) is 27.6. The molecule has 0 radical (unpaired) electrons. The summed E-state index contributed by atoms with van der Waals surface area (Å²) in [4.78, 5) is 0. The summed E-state index contributed by atoms with van der Waals surface area (Å²) in [6.45, 7) is 6.59. The molecule has 0 spiro atoms. The molecule has 3 atom stereocenters. The van der Waals surface area contributed by atoms with Crippen molar-refractivity contribution in [1.82, 2.24) is 0 Å². The Balaban J connectivity index is 2.02. The van der Waals surface area contributed by atoms with Gasteiger partial charge in [-0.3, -0.25) is 0 Å². The first-order valence-corrected chi connectivity index (χ1v) is 7.10. The quantitative estimate of drug-likeness (QED) is 0.861. The molecule has 2 N–H and O–H groups in total. The fraction of sp³-hybridized carbons (Fsp3) is 0.625. The van der Waals surface area contributed by atoms with Crippen LogP contribution < -0.4 is 5.73 Å². The molecule has 0 aromatic heterocycles. The molecule has 2 heteroatoms. The fourth-order valence-electron chi connectivity index (χ4n) is 3.25. The Morgan fingerprint density at radius 2 is 1.89 bits per heavy atom. The van der Waals surface area contributed by atoms with Crippen molar-refractivity contribution in [3.8, 4) is 0 Å². The molecule has 1 aromatic carbocycles. The second kappa shape index (κ2) is 5.41. The summed E-state index contributed by atoms with van der Waals surface area (Å²) in [6.07, 6.45) is 3.69. The van der Waals surface area contributed by atoms with Gasteiger partial charge in [-0.1, -0.05) is 44.2 Å². The van der Waals surface area contributed by atoms with E-state index < -0.39 is 0 Å². The van der Waals surface area contributed by atoms with Crippen LogP contribution in [0, 0.1) is 5.41 Å². The van der Waals surface area contributed by atoms with E-state index in [1.54, 1.807) is 0 Å². The van der Waals surface area contributed by atoms with Crippen LogP contribution in [0.3, 0.4) is 0 Å². The topological polar surface area (TPSA) is 35.2 Å². The van der Waals surface area contributed by atoms with E-state index >= 15 is 0 Å². The molecule has 0 aliphatic heterocycles. The van der Waals surface area contributed by atoms with Gasteiger partial charge in [0.25, 0.3) is 0 Å². The predicted molar refractivity (Wildman–Crippen MR) is 75.3 cm³/mol. The summed E-state index contributed by atoms with van der Waals surface area (Å²) in [5.74, 6) is 0. The predicted octanol–water partition coefficient (Wildman–Crippen LogP) is 3.67. The first-order chi connectivity index (χ1) is 8.64. The Morgan fingerprint density at radius 3 is 2.39 bits per heavy atom. The van der Waals surface area contributed by atoms with Gasteiger partial charge >= 0.3 is 0 Å². The minimum atomic E-state index is 0.154. The Kier molecular flexibility index (Phi) is 4.08. The van der Waals surface area contributed by atoms with Crippen LogP contribution in [0.15, 0.2) is 30.3 Å². The van der Waals surface area contributed by atoms with Crippen LogP contribution in [0.2, 0.25) is 0 Å². The highest BCUT2D eigenvalue weighted by Gasteiger charge is 2.52. The summed E-state index contributed by atoms with van der Waals surface area (Å²) in [5, 5.41) is 0. The van der Waals surface area contributed by atoms with E-state index in [9.17, 15) is 0 Å². The largest absolute Gasteiger partial charge is 0.370 e. The van der Waals surface area contributed by atoms with Gasteiger partial charge in [-0.25, -0.2) is 0 Å². The highest BCUT2D eigenvalue weighted by molar-refractivity contribution is 5.17. The molecule has 1 aliphatic carbocycles. The molecule has 2 nitrogen and oxygen atoms in total. The molecule has 1 saturated carbocycles. The first kappa shape index (κ1) is 13.6. The molecular formula is C16H25NO. The lowest BCUT2D eigenvalue weighted by atomic mass is 9.59. The number of hydrogen-bond acceptors (Lipinski definition) is 2. The van der Waals surface area contributed by atoms with E-state index in [1.165, 1.54) is 5.56 Å². The van der Waals surface area contributed by atoms with Gasteiger partial charge in [0.15, 0.2) is 0 Å². The van der Waals surface area contributed by atoms with Crippen molar-refractivity contribution in [3.05, 3.63) is 35.9 Å². The van der Waals surface area contributed by atoms with Crippen molar-refractivity contribution in [2.24, 2.45) is 11.1 Å². The molecule has 1 aromatic rings. The summed E-state index contributed by atoms with van der Waals surface area (Å²) < 4.78 is 6.26. The van der Waals surface area contributed by atoms with Crippen molar-refractivity contribution >= 4 is 0 Å². The lowest BCUT2D eigenvalue weighted by Gasteiger charge is -2.54. The molecule has 0 bridgehead atoms. The molecule has 0 heterocycles. The molecule has 2 rings (SSSR count). The second-order valence-corrected chi connectivity index (χ2v) is 5.46. The summed E-state index contributed by atoms with van der Waals surface area (Å²) in [5.41, 5.74) is 7.65. The third kappa shape index (κ3) is 2.19. The van der Waals surface area contributed by atoms with E-state index in [-0.39, 0.29) is 11.5 Å². The highest BCUT2D eigenvalue weighted by atomic mass is 16.5. The van der Waals surface area contributed by atoms with Gasteiger partial charge in [0, 0.05) is 11.5 Å². The number of ether oxygens (including phenoxy) is 1. The van der Waals surface area contributed by atoms with Crippen LogP contribution in [-0.4, -0.2) is 12.1 Å². The SMILES string of the molecule is CCC1(CC)C(N)CC1OC(C)c1ccccc1. The van der Waals surface area contributed by atoms with Gasteiger partial charge in [0.2, 0.25) is 0 Å². The molecular weight excluding hydrogens is 222 g/mol. The Bertz CT molecular complexity index is 372. The van der Waals surface area contributed by atoms with Gasteiger partial charge in [-0.05, 0) is 31.7 Å². The molecule has 3 unspecified atom stereocenters. The molecule has 18 heavy (non-hydrogen) atoms. The Morgan fingerprint density at radius 1 is 1.28 bits per heavy atom. The van der Waals surface area contributed by atoms with E-state index in [0.29, 0.717) is 12.1 Å². The Hall–Kier alpha value is -0.860. The number of benzene rings is 1. The lowest BCUT2D eigenvalue weighted by Crippen LogP contribution is -2.61. The van der Waals surface area contributed by atoms with Gasteiger partial charge < -0.3 is 10.5 Å². The van der Waals surface area contributed by atoms with Crippen molar-refractivity contribution < 1.29 is 4.74 Å². The maximum Gasteiger partial charge on any atom is 0.0800 e. The Labute approximate surface area is 111 Å². The van der Waals surface area contributed by atoms with Crippen LogP contribution in [0.5, 0.6) is 0 Å². The third-order valence-corrected chi connectivity index (χ3v) is 4.80. The number of nitrogens with two attached hydrogens (primary N) is 1. The average molecular weight is 247 g/mol.